The lowest BCUT2D eigenvalue weighted by Crippen LogP contribution is -2.27. The van der Waals surface area contributed by atoms with Gasteiger partial charge in [0.2, 0.25) is 5.91 Å². The number of nitrogens with one attached hydrogen (secondary N) is 1. The smallest absolute Gasteiger partial charge is 0.221 e. The van der Waals surface area contributed by atoms with Crippen molar-refractivity contribution in [3.05, 3.63) is 76.1 Å². The maximum absolute atomic E-state index is 13.2. The molecule has 1 fully saturated rings. The average molecular weight is 481 g/mol. The number of hydrogen-bond donors (Lipinski definition) is 1. The van der Waals surface area contributed by atoms with E-state index in [1.54, 1.807) is 30.5 Å². The molecule has 1 N–H and O–H groups in total. The van der Waals surface area contributed by atoms with E-state index in [1.165, 1.54) is 0 Å². The highest BCUT2D eigenvalue weighted by Gasteiger charge is 2.43. The minimum Gasteiger partial charge on any atom is -0.350 e. The Bertz CT molecular complexity index is 1260. The topological polar surface area (TPSA) is 102 Å². The minimum absolute atomic E-state index is 0.0168. The van der Waals surface area contributed by atoms with Crippen LogP contribution in [0.3, 0.4) is 0 Å². The molecular formula is C25H22ClFN4O3. The van der Waals surface area contributed by atoms with Gasteiger partial charge in [0, 0.05) is 30.5 Å². The first kappa shape index (κ1) is 23.6. The fraction of sp³-hybridized carbons (Fsp3) is 0.280. The summed E-state index contributed by atoms with van der Waals surface area (Å²) in [5, 5.41) is 3.16. The first-order chi connectivity index (χ1) is 16.2. The average Bonchev–Trinajstić information content (AvgIpc) is 3.06. The van der Waals surface area contributed by atoms with Crippen LogP contribution in [0.2, 0.25) is 5.02 Å². The van der Waals surface area contributed by atoms with Crippen molar-refractivity contribution in [3.63, 3.8) is 0 Å². The molecule has 2 unspecified atom stereocenters. The third-order valence-electron chi connectivity index (χ3n) is 5.94. The monoisotopic (exact) mass is 480 g/mol. The number of amides is 1. The van der Waals surface area contributed by atoms with Crippen molar-refractivity contribution in [2.45, 2.75) is 39.2 Å². The fourth-order valence-corrected chi connectivity index (χ4v) is 4.57. The number of Topliss-reactive ketones (excluding diaryl/α,β-unsaturated/α-hetero) is 2. The summed E-state index contributed by atoms with van der Waals surface area (Å²) in [6.07, 6.45) is 3.69. The number of nitrogens with zero attached hydrogens (tertiary/aromatic N) is 3. The highest BCUT2D eigenvalue weighted by molar-refractivity contribution is 6.31. The fourth-order valence-electron chi connectivity index (χ4n) is 4.38. The van der Waals surface area contributed by atoms with E-state index in [4.69, 9.17) is 11.6 Å². The van der Waals surface area contributed by atoms with Crippen molar-refractivity contribution in [1.29, 1.82) is 0 Å². The van der Waals surface area contributed by atoms with E-state index >= 15 is 0 Å². The summed E-state index contributed by atoms with van der Waals surface area (Å²) in [6, 6.07) is 6.94. The Kier molecular flexibility index (Phi) is 6.79. The molecule has 1 amide bonds. The van der Waals surface area contributed by atoms with Crippen LogP contribution in [0.25, 0.3) is 11.4 Å². The van der Waals surface area contributed by atoms with Crippen LogP contribution in [-0.2, 0) is 20.9 Å². The van der Waals surface area contributed by atoms with Crippen LogP contribution in [-0.4, -0.2) is 32.4 Å². The standard InChI is InChI=1S/C25H22ClFN4O3/c1-13-6-16(25-30-10-17(27)11-31-25)7-14(2)22(13)23-20(32)8-15(24(23)34)9-21(33)29-12-19-18(26)4-3-5-28-19/h3-7,10-11,15,23H,8-9,12H2,1-2H3,(H,29,33). The van der Waals surface area contributed by atoms with Crippen LogP contribution in [0.1, 0.15) is 41.1 Å². The lowest BCUT2D eigenvalue weighted by molar-refractivity contribution is -0.128. The van der Waals surface area contributed by atoms with E-state index in [1.807, 2.05) is 13.8 Å². The predicted molar refractivity (Wildman–Crippen MR) is 123 cm³/mol. The highest BCUT2D eigenvalue weighted by Crippen LogP contribution is 2.38. The second-order valence-electron chi connectivity index (χ2n) is 8.36. The molecule has 9 heteroatoms. The summed E-state index contributed by atoms with van der Waals surface area (Å²) in [7, 11) is 0. The van der Waals surface area contributed by atoms with E-state index in [0.29, 0.717) is 27.7 Å². The molecule has 4 rings (SSSR count). The molecular weight excluding hydrogens is 459 g/mol. The van der Waals surface area contributed by atoms with Gasteiger partial charge in [0.25, 0.3) is 0 Å². The molecule has 1 saturated carbocycles. The third-order valence-corrected chi connectivity index (χ3v) is 6.28. The van der Waals surface area contributed by atoms with Gasteiger partial charge < -0.3 is 5.32 Å². The van der Waals surface area contributed by atoms with Gasteiger partial charge in [-0.15, -0.1) is 0 Å². The molecule has 0 radical (unpaired) electrons. The molecule has 2 aromatic heterocycles. The van der Waals surface area contributed by atoms with Gasteiger partial charge in [-0.05, 0) is 54.8 Å². The van der Waals surface area contributed by atoms with Crippen LogP contribution in [0.5, 0.6) is 0 Å². The molecule has 2 atom stereocenters. The summed E-state index contributed by atoms with van der Waals surface area (Å²) in [6.45, 7) is 3.76. The summed E-state index contributed by atoms with van der Waals surface area (Å²) < 4.78 is 13.2. The van der Waals surface area contributed by atoms with E-state index in [2.05, 4.69) is 20.3 Å². The number of rotatable bonds is 6. The highest BCUT2D eigenvalue weighted by atomic mass is 35.5. The number of halogens is 2. The van der Waals surface area contributed by atoms with E-state index in [0.717, 1.165) is 23.5 Å². The molecule has 34 heavy (non-hydrogen) atoms. The maximum Gasteiger partial charge on any atom is 0.221 e. The van der Waals surface area contributed by atoms with Crippen molar-refractivity contribution in [2.24, 2.45) is 5.92 Å². The lowest BCUT2D eigenvalue weighted by atomic mass is 9.86. The van der Waals surface area contributed by atoms with Gasteiger partial charge in [-0.25, -0.2) is 14.4 Å². The molecule has 1 aliphatic carbocycles. The molecule has 174 valence electrons. The molecule has 3 aromatic rings. The van der Waals surface area contributed by atoms with Crippen molar-refractivity contribution in [3.8, 4) is 11.4 Å². The molecule has 7 nitrogen and oxygen atoms in total. The zero-order valence-electron chi connectivity index (χ0n) is 18.6. The van der Waals surface area contributed by atoms with Crippen LogP contribution < -0.4 is 5.32 Å². The summed E-state index contributed by atoms with van der Waals surface area (Å²) in [4.78, 5) is 50.6. The Morgan fingerprint density at radius 1 is 1.15 bits per heavy atom. The largest absolute Gasteiger partial charge is 0.350 e. The van der Waals surface area contributed by atoms with Crippen LogP contribution in [0.4, 0.5) is 4.39 Å². The summed E-state index contributed by atoms with van der Waals surface area (Å²) in [5.41, 5.74) is 3.32. The molecule has 0 aliphatic heterocycles. The van der Waals surface area contributed by atoms with Gasteiger partial charge in [0.05, 0.1) is 29.7 Å². The van der Waals surface area contributed by atoms with E-state index in [9.17, 15) is 18.8 Å². The van der Waals surface area contributed by atoms with Gasteiger partial charge in [-0.1, -0.05) is 11.6 Å². The quantitative estimate of drug-likeness (QED) is 0.537. The number of carbonyl (C=O) groups is 3. The van der Waals surface area contributed by atoms with Crippen LogP contribution >= 0.6 is 11.6 Å². The number of carbonyl (C=O) groups excluding carboxylic acids is 3. The third kappa shape index (κ3) is 4.87. The van der Waals surface area contributed by atoms with Crippen molar-refractivity contribution in [2.75, 3.05) is 0 Å². The molecule has 1 aliphatic rings. The second-order valence-corrected chi connectivity index (χ2v) is 8.77. The van der Waals surface area contributed by atoms with Crippen LogP contribution in [0.15, 0.2) is 42.9 Å². The van der Waals surface area contributed by atoms with E-state index < -0.39 is 17.7 Å². The van der Waals surface area contributed by atoms with Gasteiger partial charge in [0.1, 0.15) is 11.7 Å². The van der Waals surface area contributed by atoms with E-state index in [-0.39, 0.29) is 36.9 Å². The van der Waals surface area contributed by atoms with Crippen molar-refractivity contribution in [1.82, 2.24) is 20.3 Å². The number of pyridine rings is 1. The minimum atomic E-state index is -0.911. The number of hydrogen-bond acceptors (Lipinski definition) is 6. The van der Waals surface area contributed by atoms with Crippen molar-refractivity contribution >= 4 is 29.1 Å². The first-order valence-corrected chi connectivity index (χ1v) is 11.1. The molecule has 1 aromatic carbocycles. The van der Waals surface area contributed by atoms with Gasteiger partial charge in [-0.2, -0.15) is 0 Å². The Balaban J connectivity index is 1.48. The first-order valence-electron chi connectivity index (χ1n) is 10.8. The predicted octanol–water partition coefficient (Wildman–Crippen LogP) is 3.90. The Labute approximate surface area is 200 Å². The van der Waals surface area contributed by atoms with Crippen LogP contribution in [0, 0.1) is 25.6 Å². The normalized spacial score (nSPS) is 17.8. The number of aromatic nitrogens is 3. The van der Waals surface area contributed by atoms with Crippen molar-refractivity contribution < 1.29 is 18.8 Å². The lowest BCUT2D eigenvalue weighted by Gasteiger charge is -2.17. The Morgan fingerprint density at radius 2 is 1.82 bits per heavy atom. The number of benzene rings is 1. The molecule has 0 bridgehead atoms. The number of aryl methyl sites for hydroxylation is 2. The molecule has 0 spiro atoms. The van der Waals surface area contributed by atoms with Gasteiger partial charge in [-0.3, -0.25) is 19.4 Å². The zero-order valence-corrected chi connectivity index (χ0v) is 19.4. The second kappa shape index (κ2) is 9.77. The summed E-state index contributed by atoms with van der Waals surface area (Å²) in [5.74, 6) is -2.58. The molecule has 2 heterocycles. The SMILES string of the molecule is Cc1cc(-c2ncc(F)cn2)cc(C)c1C1C(=O)CC(CC(=O)NCc2ncccc2Cl)C1=O. The van der Waals surface area contributed by atoms with Gasteiger partial charge >= 0.3 is 0 Å². The summed E-state index contributed by atoms with van der Waals surface area (Å²) >= 11 is 6.06. The Morgan fingerprint density at radius 3 is 2.47 bits per heavy atom. The Hall–Kier alpha value is -3.52. The maximum atomic E-state index is 13.2. The number of ketones is 2. The molecule has 0 saturated heterocycles. The van der Waals surface area contributed by atoms with Gasteiger partial charge in [0.15, 0.2) is 17.4 Å². The zero-order chi connectivity index (χ0) is 24.4.